The van der Waals surface area contributed by atoms with E-state index in [1.165, 1.54) is 0 Å². The number of carbonyl (C=O) groups is 1. The van der Waals surface area contributed by atoms with E-state index >= 15 is 0 Å². The first-order chi connectivity index (χ1) is 10.1. The molecule has 0 bridgehead atoms. The lowest BCUT2D eigenvalue weighted by molar-refractivity contribution is -0.145. The molecule has 21 heavy (non-hydrogen) atoms. The lowest BCUT2D eigenvalue weighted by atomic mass is 9.94. The van der Waals surface area contributed by atoms with Crippen LogP contribution in [-0.2, 0) is 4.79 Å². The molecule has 0 heterocycles. The first-order valence-electron chi connectivity index (χ1n) is 7.03. The summed E-state index contributed by atoms with van der Waals surface area (Å²) < 4.78 is 5.41. The van der Waals surface area contributed by atoms with Crippen molar-refractivity contribution in [2.45, 2.75) is 25.0 Å². The minimum absolute atomic E-state index is 0.105. The number of hydrogen-bond acceptors (Lipinski definition) is 4. The van der Waals surface area contributed by atoms with Gasteiger partial charge in [-0.1, -0.05) is 30.4 Å². The first kappa shape index (κ1) is 15.5. The molecule has 0 spiro atoms. The van der Waals surface area contributed by atoms with Crippen LogP contribution in [0.2, 0.25) is 0 Å². The summed E-state index contributed by atoms with van der Waals surface area (Å²) in [7, 11) is 0. The van der Waals surface area contributed by atoms with Crippen molar-refractivity contribution in [3.05, 3.63) is 42.5 Å². The highest BCUT2D eigenvalue weighted by molar-refractivity contribution is 5.72. The van der Waals surface area contributed by atoms with E-state index < -0.39 is 24.1 Å². The van der Waals surface area contributed by atoms with E-state index in [9.17, 15) is 15.0 Å². The molecule has 0 saturated heterocycles. The number of hydrogen-bond donors (Lipinski definition) is 3. The second-order valence-electron chi connectivity index (χ2n) is 5.25. The lowest BCUT2D eigenvalue weighted by Crippen LogP contribution is -2.27. The van der Waals surface area contributed by atoms with Gasteiger partial charge in [-0.25, -0.2) is 0 Å². The summed E-state index contributed by atoms with van der Waals surface area (Å²) in [5.41, 5.74) is 0. The molecule has 4 atom stereocenters. The minimum Gasteiger partial charge on any atom is -0.491 e. The SMILES string of the molecule is O=C(O)C1C(O)CCC1/C=C/C(O)COc1ccccc1. The van der Waals surface area contributed by atoms with E-state index in [1.807, 2.05) is 18.2 Å². The summed E-state index contributed by atoms with van der Waals surface area (Å²) in [5.74, 6) is -1.36. The highest BCUT2D eigenvalue weighted by Gasteiger charge is 2.38. The first-order valence-corrected chi connectivity index (χ1v) is 7.03. The Morgan fingerprint density at radius 1 is 1.33 bits per heavy atom. The van der Waals surface area contributed by atoms with Crippen molar-refractivity contribution in [2.75, 3.05) is 6.61 Å². The highest BCUT2D eigenvalue weighted by atomic mass is 16.5. The summed E-state index contributed by atoms with van der Waals surface area (Å²) in [6.45, 7) is 0.105. The predicted octanol–water partition coefficient (Wildman–Crippen LogP) is 1.45. The van der Waals surface area contributed by atoms with Crippen LogP contribution in [0.5, 0.6) is 5.75 Å². The third-order valence-corrected chi connectivity index (χ3v) is 3.70. The maximum absolute atomic E-state index is 11.1. The Labute approximate surface area is 123 Å². The van der Waals surface area contributed by atoms with Gasteiger partial charge in [0.25, 0.3) is 0 Å². The number of carboxylic acids is 1. The van der Waals surface area contributed by atoms with Gasteiger partial charge < -0.3 is 20.1 Å². The van der Waals surface area contributed by atoms with Gasteiger partial charge in [0, 0.05) is 0 Å². The van der Waals surface area contributed by atoms with Crippen molar-refractivity contribution < 1.29 is 24.9 Å². The number of carboxylic acid groups (broad SMARTS) is 1. The molecular weight excluding hydrogens is 272 g/mol. The average molecular weight is 292 g/mol. The van der Waals surface area contributed by atoms with Crippen LogP contribution in [-0.4, -0.2) is 40.1 Å². The number of ether oxygens (including phenoxy) is 1. The van der Waals surface area contributed by atoms with Gasteiger partial charge in [0.1, 0.15) is 18.5 Å². The summed E-state index contributed by atoms with van der Waals surface area (Å²) in [4.78, 5) is 11.1. The van der Waals surface area contributed by atoms with Gasteiger partial charge in [0.2, 0.25) is 0 Å². The van der Waals surface area contributed by atoms with Crippen molar-refractivity contribution in [2.24, 2.45) is 11.8 Å². The van der Waals surface area contributed by atoms with Gasteiger partial charge in [0.05, 0.1) is 12.0 Å². The Hall–Kier alpha value is -1.85. The molecule has 0 aliphatic heterocycles. The lowest BCUT2D eigenvalue weighted by Gasteiger charge is -2.15. The molecule has 114 valence electrons. The maximum Gasteiger partial charge on any atom is 0.309 e. The minimum atomic E-state index is -0.996. The zero-order valence-corrected chi connectivity index (χ0v) is 11.6. The van der Waals surface area contributed by atoms with Gasteiger partial charge >= 0.3 is 5.97 Å². The molecule has 1 aromatic rings. The Morgan fingerprint density at radius 2 is 2.05 bits per heavy atom. The quantitative estimate of drug-likeness (QED) is 0.691. The van der Waals surface area contributed by atoms with Crippen LogP contribution in [0.4, 0.5) is 0 Å². The molecule has 1 aliphatic carbocycles. The van der Waals surface area contributed by atoms with E-state index in [1.54, 1.807) is 24.3 Å². The van der Waals surface area contributed by atoms with Crippen molar-refractivity contribution in [1.82, 2.24) is 0 Å². The maximum atomic E-state index is 11.1. The van der Waals surface area contributed by atoms with Gasteiger partial charge in [0.15, 0.2) is 0 Å². The number of aliphatic hydroxyl groups excluding tert-OH is 2. The fraction of sp³-hybridized carbons (Fsp3) is 0.438. The van der Waals surface area contributed by atoms with Crippen molar-refractivity contribution in [3.8, 4) is 5.75 Å². The van der Waals surface area contributed by atoms with Gasteiger partial charge in [-0.15, -0.1) is 0 Å². The van der Waals surface area contributed by atoms with E-state index in [-0.39, 0.29) is 12.5 Å². The number of rotatable bonds is 6. The predicted molar refractivity (Wildman–Crippen MR) is 76.9 cm³/mol. The molecule has 5 heteroatoms. The molecule has 1 fully saturated rings. The fourth-order valence-electron chi connectivity index (χ4n) is 2.60. The molecular formula is C16H20O5. The monoisotopic (exact) mass is 292 g/mol. The normalized spacial score (nSPS) is 26.9. The van der Waals surface area contributed by atoms with Crippen LogP contribution >= 0.6 is 0 Å². The van der Waals surface area contributed by atoms with Crippen molar-refractivity contribution >= 4 is 5.97 Å². The Bertz CT molecular complexity index is 485. The third-order valence-electron chi connectivity index (χ3n) is 3.70. The molecule has 1 saturated carbocycles. The molecule has 5 nitrogen and oxygen atoms in total. The molecule has 1 aromatic carbocycles. The van der Waals surface area contributed by atoms with E-state index in [4.69, 9.17) is 9.84 Å². The van der Waals surface area contributed by atoms with Gasteiger partial charge in [-0.3, -0.25) is 4.79 Å². The number of para-hydroxylation sites is 1. The molecule has 2 rings (SSSR count). The molecule has 0 amide bonds. The molecule has 4 unspecified atom stereocenters. The molecule has 0 radical (unpaired) electrons. The zero-order chi connectivity index (χ0) is 15.2. The van der Waals surface area contributed by atoms with Crippen molar-refractivity contribution in [3.63, 3.8) is 0 Å². The molecule has 0 aromatic heterocycles. The largest absolute Gasteiger partial charge is 0.491 e. The standard InChI is InChI=1S/C16H20O5/c17-12(10-21-13-4-2-1-3-5-13)8-6-11-7-9-14(18)15(11)16(19)20/h1-6,8,11-12,14-15,17-18H,7,9-10H2,(H,19,20)/b8-6+. The Morgan fingerprint density at radius 3 is 2.71 bits per heavy atom. The zero-order valence-electron chi connectivity index (χ0n) is 11.6. The second kappa shape index (κ2) is 7.24. The van der Waals surface area contributed by atoms with E-state index in [0.717, 1.165) is 0 Å². The second-order valence-corrected chi connectivity index (χ2v) is 5.25. The van der Waals surface area contributed by atoms with Crippen LogP contribution < -0.4 is 4.74 Å². The topological polar surface area (TPSA) is 87.0 Å². The molecule has 3 N–H and O–H groups in total. The fourth-order valence-corrected chi connectivity index (χ4v) is 2.60. The number of benzene rings is 1. The summed E-state index contributed by atoms with van der Waals surface area (Å²) >= 11 is 0. The smallest absolute Gasteiger partial charge is 0.309 e. The van der Waals surface area contributed by atoms with Gasteiger partial charge in [-0.05, 0) is 30.9 Å². The van der Waals surface area contributed by atoms with Crippen LogP contribution in [0.3, 0.4) is 0 Å². The van der Waals surface area contributed by atoms with Crippen molar-refractivity contribution in [1.29, 1.82) is 0 Å². The Kier molecular flexibility index (Phi) is 5.36. The summed E-state index contributed by atoms with van der Waals surface area (Å²) in [6, 6.07) is 9.15. The van der Waals surface area contributed by atoms with Crippen LogP contribution in [0.25, 0.3) is 0 Å². The summed E-state index contributed by atoms with van der Waals surface area (Å²) in [6.07, 6.45) is 2.69. The number of aliphatic carboxylic acids is 1. The van der Waals surface area contributed by atoms with Crippen LogP contribution in [0.15, 0.2) is 42.5 Å². The number of aliphatic hydroxyl groups is 2. The Balaban J connectivity index is 1.84. The van der Waals surface area contributed by atoms with E-state index in [0.29, 0.717) is 18.6 Å². The van der Waals surface area contributed by atoms with Crippen LogP contribution in [0, 0.1) is 11.8 Å². The number of allylic oxidation sites excluding steroid dienone is 1. The third kappa shape index (κ3) is 4.31. The highest BCUT2D eigenvalue weighted by Crippen LogP contribution is 2.33. The van der Waals surface area contributed by atoms with E-state index in [2.05, 4.69) is 0 Å². The summed E-state index contributed by atoms with van der Waals surface area (Å²) in [5, 5.41) is 28.6. The van der Waals surface area contributed by atoms with Gasteiger partial charge in [-0.2, -0.15) is 0 Å². The molecule has 1 aliphatic rings. The average Bonchev–Trinajstić information content (AvgIpc) is 2.85. The van der Waals surface area contributed by atoms with Crippen LogP contribution in [0.1, 0.15) is 12.8 Å².